The van der Waals surface area contributed by atoms with Gasteiger partial charge in [-0.2, -0.15) is 0 Å². The molecule has 0 spiro atoms. The molecule has 4 heteroatoms. The third-order valence-corrected chi connectivity index (χ3v) is 0. The summed E-state index contributed by atoms with van der Waals surface area (Å²) in [4.78, 5) is 0. The Morgan fingerprint density at radius 2 is 0.500 bits per heavy atom. The third kappa shape index (κ3) is 9.74. The van der Waals surface area contributed by atoms with E-state index in [1.165, 1.54) is 0 Å². The first kappa shape index (κ1) is 49.7. The van der Waals surface area contributed by atoms with E-state index in [1.54, 1.807) is 0 Å². The number of hydrogen-bond donors (Lipinski definition) is 0. The second-order valence-corrected chi connectivity index (χ2v) is 0. The van der Waals surface area contributed by atoms with Gasteiger partial charge in [0.1, 0.15) is 0 Å². The van der Waals surface area contributed by atoms with Crippen LogP contribution in [0.5, 0.6) is 0 Å². The van der Waals surface area contributed by atoms with E-state index in [-0.39, 0.29) is 56.7 Å². The van der Waals surface area contributed by atoms with Crippen LogP contribution in [-0.2, 0) is 19.5 Å². The molecule has 0 fully saturated rings. The zero-order chi connectivity index (χ0) is 0. The van der Waals surface area contributed by atoms with Gasteiger partial charge in [-0.25, -0.2) is 0 Å². The van der Waals surface area contributed by atoms with Crippen LogP contribution in [0.15, 0.2) is 0 Å². The molecule has 4 heavy (non-hydrogen) atoms. The maximum absolute atomic E-state index is 0. The molecule has 0 saturated heterocycles. The molecule has 0 rings (SSSR count). The van der Waals surface area contributed by atoms with Crippen molar-refractivity contribution in [3.8, 4) is 0 Å². The summed E-state index contributed by atoms with van der Waals surface area (Å²) in [5, 5.41) is 0. The van der Waals surface area contributed by atoms with Crippen LogP contribution in [0, 0.1) is 0 Å². The SMILES string of the molecule is [Cl-].[Cl-].[Cl-].[Rh+2]. The normalized spacial score (nSPS) is 0. The fourth-order valence-corrected chi connectivity index (χ4v) is 0. The minimum atomic E-state index is 0. The first-order valence-electron chi connectivity index (χ1n) is 0. The summed E-state index contributed by atoms with van der Waals surface area (Å²) in [5.41, 5.74) is 0. The van der Waals surface area contributed by atoms with E-state index in [0.717, 1.165) is 0 Å². The van der Waals surface area contributed by atoms with Crippen molar-refractivity contribution in [2.24, 2.45) is 0 Å². The maximum atomic E-state index is 0. The van der Waals surface area contributed by atoms with Crippen molar-refractivity contribution in [2.45, 2.75) is 0 Å². The molecule has 0 aliphatic carbocycles. The molecule has 0 aromatic rings. The summed E-state index contributed by atoms with van der Waals surface area (Å²) in [7, 11) is 0. The molecule has 0 aromatic carbocycles. The molecule has 0 heterocycles. The molecule has 0 N–H and O–H groups in total. The molecule has 31 valence electrons. The molecule has 0 unspecified atom stereocenters. The van der Waals surface area contributed by atoms with E-state index in [9.17, 15) is 0 Å². The van der Waals surface area contributed by atoms with Crippen molar-refractivity contribution in [3.05, 3.63) is 0 Å². The first-order valence-corrected chi connectivity index (χ1v) is 0. The summed E-state index contributed by atoms with van der Waals surface area (Å²) >= 11 is 0. The smallest absolute Gasteiger partial charge is 1.00 e. The summed E-state index contributed by atoms with van der Waals surface area (Å²) in [5.74, 6) is 0. The molecule has 0 bridgehead atoms. The van der Waals surface area contributed by atoms with Crippen LogP contribution in [-0.4, -0.2) is 0 Å². The Bertz CT molecular complexity index is 3.25. The fraction of sp³-hybridized carbons (Fsp3) is 0. The van der Waals surface area contributed by atoms with Crippen LogP contribution in [0.4, 0.5) is 0 Å². The van der Waals surface area contributed by atoms with E-state index < -0.39 is 0 Å². The largest absolute Gasteiger partial charge is 2.00 e. The van der Waals surface area contributed by atoms with Crippen molar-refractivity contribution in [1.29, 1.82) is 0 Å². The number of hydrogen-bond acceptors (Lipinski definition) is 0. The van der Waals surface area contributed by atoms with Gasteiger partial charge in [-0.05, 0) is 0 Å². The Morgan fingerprint density at radius 1 is 0.500 bits per heavy atom. The first-order chi connectivity index (χ1) is 0. The van der Waals surface area contributed by atoms with Gasteiger partial charge in [0.2, 0.25) is 0 Å². The van der Waals surface area contributed by atoms with Gasteiger partial charge in [-0.15, -0.1) is 0 Å². The number of rotatable bonds is 0. The standard InChI is InChI=1S/3ClH.Rh/h3*1H;/q;;;+2/p-3. The van der Waals surface area contributed by atoms with Crippen LogP contribution in [0.1, 0.15) is 0 Å². The average molecular weight is 209 g/mol. The van der Waals surface area contributed by atoms with E-state index in [1.807, 2.05) is 0 Å². The minimum absolute atomic E-state index is 0. The second kappa shape index (κ2) is 24.6. The van der Waals surface area contributed by atoms with Crippen LogP contribution in [0.3, 0.4) is 0 Å². The predicted octanol–water partition coefficient (Wildman–Crippen LogP) is -8.99. The minimum Gasteiger partial charge on any atom is -1.00 e. The summed E-state index contributed by atoms with van der Waals surface area (Å²) in [6, 6.07) is 0. The molecule has 0 aliphatic heterocycles. The zero-order valence-corrected chi connectivity index (χ0v) is 5.37. The van der Waals surface area contributed by atoms with Gasteiger partial charge < -0.3 is 37.2 Å². The van der Waals surface area contributed by atoms with Gasteiger partial charge in [0.15, 0.2) is 0 Å². The van der Waals surface area contributed by atoms with Gasteiger partial charge in [0.25, 0.3) is 0 Å². The van der Waals surface area contributed by atoms with Crippen molar-refractivity contribution in [1.82, 2.24) is 0 Å². The Balaban J connectivity index is 0. The maximum Gasteiger partial charge on any atom is 2.00 e. The monoisotopic (exact) mass is 208 g/mol. The molecule has 0 atom stereocenters. The molecule has 0 aromatic heterocycles. The quantitative estimate of drug-likeness (QED) is 0.348. The van der Waals surface area contributed by atoms with Crippen molar-refractivity contribution in [2.75, 3.05) is 0 Å². The Labute approximate surface area is 56.7 Å². The van der Waals surface area contributed by atoms with E-state index in [4.69, 9.17) is 0 Å². The van der Waals surface area contributed by atoms with Gasteiger partial charge in [0, 0.05) is 0 Å². The van der Waals surface area contributed by atoms with Crippen LogP contribution < -0.4 is 37.2 Å². The second-order valence-electron chi connectivity index (χ2n) is 0. The third-order valence-electron chi connectivity index (χ3n) is 0. The van der Waals surface area contributed by atoms with Gasteiger partial charge in [0.05, 0.1) is 0 Å². The van der Waals surface area contributed by atoms with Gasteiger partial charge in [-0.1, -0.05) is 0 Å². The van der Waals surface area contributed by atoms with Gasteiger partial charge >= 0.3 is 19.5 Å². The predicted molar refractivity (Wildman–Crippen MR) is 0 cm³/mol. The molecule has 0 nitrogen and oxygen atoms in total. The van der Waals surface area contributed by atoms with E-state index in [2.05, 4.69) is 0 Å². The molecule has 1 radical (unpaired) electrons. The van der Waals surface area contributed by atoms with Crippen LogP contribution in [0.25, 0.3) is 0 Å². The Morgan fingerprint density at radius 3 is 0.500 bits per heavy atom. The summed E-state index contributed by atoms with van der Waals surface area (Å²) < 4.78 is 0. The Hall–Kier alpha value is 1.49. The van der Waals surface area contributed by atoms with Crippen molar-refractivity contribution >= 4 is 0 Å². The topological polar surface area (TPSA) is 0 Å². The van der Waals surface area contributed by atoms with Crippen molar-refractivity contribution < 1.29 is 56.7 Å². The Kier molecular flexibility index (Phi) is 306. The molecule has 0 amide bonds. The van der Waals surface area contributed by atoms with E-state index in [0.29, 0.717) is 0 Å². The molecular weight excluding hydrogens is 209 g/mol. The van der Waals surface area contributed by atoms with E-state index >= 15 is 0 Å². The summed E-state index contributed by atoms with van der Waals surface area (Å²) in [6.45, 7) is 0. The average Bonchev–Trinajstić information content (AvgIpc) is 0. The molecule has 0 aliphatic rings. The van der Waals surface area contributed by atoms with Crippen LogP contribution in [0.2, 0.25) is 0 Å². The fourth-order valence-electron chi connectivity index (χ4n) is 0. The molecular formula is Cl3Rh-. The van der Waals surface area contributed by atoms with Gasteiger partial charge in [-0.3, -0.25) is 0 Å². The number of halogens is 3. The van der Waals surface area contributed by atoms with Crippen LogP contribution >= 0.6 is 0 Å². The zero-order valence-electron chi connectivity index (χ0n) is 1.47. The van der Waals surface area contributed by atoms with Crippen molar-refractivity contribution in [3.63, 3.8) is 0 Å². The molecule has 0 saturated carbocycles. The summed E-state index contributed by atoms with van der Waals surface area (Å²) in [6.07, 6.45) is 0.